The van der Waals surface area contributed by atoms with Gasteiger partial charge in [0.15, 0.2) is 0 Å². The second kappa shape index (κ2) is 10.9. The smallest absolute Gasteiger partial charge is 0.230 e. The zero-order chi connectivity index (χ0) is 24.1. The first-order valence-electron chi connectivity index (χ1n) is 12.4. The van der Waals surface area contributed by atoms with Crippen LogP contribution in [0.5, 0.6) is 0 Å². The van der Waals surface area contributed by atoms with Crippen LogP contribution in [0.3, 0.4) is 0 Å². The van der Waals surface area contributed by atoms with Crippen LogP contribution in [0.4, 0.5) is 10.1 Å². The van der Waals surface area contributed by atoms with Crippen molar-refractivity contribution in [2.45, 2.75) is 57.9 Å². The van der Waals surface area contributed by atoms with Gasteiger partial charge in [0.25, 0.3) is 0 Å². The van der Waals surface area contributed by atoms with Gasteiger partial charge in [0.1, 0.15) is 5.82 Å². The Balaban J connectivity index is 1.53. The number of aromatic nitrogens is 1. The number of hydrogen-bond acceptors (Lipinski definition) is 3. The first-order chi connectivity index (χ1) is 16.5. The van der Waals surface area contributed by atoms with Crippen molar-refractivity contribution >= 4 is 11.6 Å². The Labute approximate surface area is 202 Å². The minimum Gasteiger partial charge on any atom is -0.326 e. The molecule has 34 heavy (non-hydrogen) atoms. The summed E-state index contributed by atoms with van der Waals surface area (Å²) >= 11 is 0. The molecule has 1 fully saturated rings. The minimum absolute atomic E-state index is 0.00160. The number of carbonyl (C=O) groups excluding carboxylic acids is 1. The SMILES string of the molecule is CCCc1ccc(-c2ccc(N(C[C@@H](N)CCC)C(=O)C3C[C@H]3c3ncccc3F)cc2)cc1. The molecule has 0 aliphatic heterocycles. The predicted octanol–water partition coefficient (Wildman–Crippen LogP) is 6.10. The van der Waals surface area contributed by atoms with Crippen LogP contribution in [0, 0.1) is 11.7 Å². The molecule has 1 aliphatic rings. The molecule has 1 aromatic heterocycles. The van der Waals surface area contributed by atoms with Crippen LogP contribution in [-0.4, -0.2) is 23.5 Å². The van der Waals surface area contributed by atoms with Crippen molar-refractivity contribution in [3.63, 3.8) is 0 Å². The van der Waals surface area contributed by atoms with Gasteiger partial charge in [-0.3, -0.25) is 9.78 Å². The molecule has 0 spiro atoms. The van der Waals surface area contributed by atoms with E-state index in [4.69, 9.17) is 5.73 Å². The summed E-state index contributed by atoms with van der Waals surface area (Å²) in [7, 11) is 0. The van der Waals surface area contributed by atoms with E-state index in [0.29, 0.717) is 18.7 Å². The van der Waals surface area contributed by atoms with Crippen LogP contribution in [0.15, 0.2) is 66.9 Å². The third kappa shape index (κ3) is 5.53. The average molecular weight is 460 g/mol. The Bertz CT molecular complexity index is 1100. The van der Waals surface area contributed by atoms with E-state index in [2.05, 4.69) is 55.2 Å². The maximum atomic E-state index is 14.2. The summed E-state index contributed by atoms with van der Waals surface area (Å²) in [5.74, 6) is -0.770. The van der Waals surface area contributed by atoms with Gasteiger partial charge in [-0.2, -0.15) is 0 Å². The highest BCUT2D eigenvalue weighted by atomic mass is 19.1. The number of amides is 1. The zero-order valence-corrected chi connectivity index (χ0v) is 20.1. The number of carbonyl (C=O) groups is 1. The molecule has 1 aliphatic carbocycles. The van der Waals surface area contributed by atoms with Crippen LogP contribution in [0.2, 0.25) is 0 Å². The molecule has 4 nitrogen and oxygen atoms in total. The monoisotopic (exact) mass is 459 g/mol. The first-order valence-corrected chi connectivity index (χ1v) is 12.4. The summed E-state index contributed by atoms with van der Waals surface area (Å²) in [6.07, 6.45) is 6.22. The lowest BCUT2D eigenvalue weighted by Crippen LogP contribution is -2.42. The second-order valence-electron chi connectivity index (χ2n) is 9.31. The van der Waals surface area contributed by atoms with E-state index in [-0.39, 0.29) is 29.6 Å². The number of nitrogens with two attached hydrogens (primary N) is 1. The van der Waals surface area contributed by atoms with Gasteiger partial charge in [-0.15, -0.1) is 0 Å². The maximum absolute atomic E-state index is 14.2. The normalized spacial score (nSPS) is 17.9. The number of benzene rings is 2. The van der Waals surface area contributed by atoms with Gasteiger partial charge in [0.2, 0.25) is 5.91 Å². The summed E-state index contributed by atoms with van der Waals surface area (Å²) in [6.45, 7) is 4.72. The van der Waals surface area contributed by atoms with Crippen LogP contribution in [0.1, 0.15) is 56.7 Å². The molecule has 1 saturated carbocycles. The van der Waals surface area contributed by atoms with Crippen molar-refractivity contribution in [3.05, 3.63) is 83.9 Å². The van der Waals surface area contributed by atoms with Crippen molar-refractivity contribution in [1.82, 2.24) is 4.98 Å². The number of pyridine rings is 1. The number of nitrogens with zero attached hydrogens (tertiary/aromatic N) is 2. The van der Waals surface area contributed by atoms with Gasteiger partial charge >= 0.3 is 0 Å². The van der Waals surface area contributed by atoms with Crippen molar-refractivity contribution in [2.24, 2.45) is 11.7 Å². The lowest BCUT2D eigenvalue weighted by atomic mass is 10.0. The maximum Gasteiger partial charge on any atom is 0.230 e. The fourth-order valence-corrected chi connectivity index (χ4v) is 4.65. The van der Waals surface area contributed by atoms with E-state index >= 15 is 0 Å². The topological polar surface area (TPSA) is 59.2 Å². The van der Waals surface area contributed by atoms with E-state index in [1.54, 1.807) is 17.2 Å². The number of anilines is 1. The molecule has 3 atom stereocenters. The molecule has 1 unspecified atom stereocenters. The highest BCUT2D eigenvalue weighted by Crippen LogP contribution is 2.49. The Hall–Kier alpha value is -3.05. The summed E-state index contributed by atoms with van der Waals surface area (Å²) in [5.41, 5.74) is 11.2. The highest BCUT2D eigenvalue weighted by Gasteiger charge is 2.48. The molecule has 178 valence electrons. The van der Waals surface area contributed by atoms with Gasteiger partial charge in [-0.1, -0.05) is 63.1 Å². The molecular weight excluding hydrogens is 425 g/mol. The van der Waals surface area contributed by atoms with E-state index in [1.165, 1.54) is 11.6 Å². The number of hydrogen-bond donors (Lipinski definition) is 1. The number of halogens is 1. The van der Waals surface area contributed by atoms with Gasteiger partial charge in [0.05, 0.1) is 5.69 Å². The van der Waals surface area contributed by atoms with Crippen LogP contribution < -0.4 is 10.6 Å². The van der Waals surface area contributed by atoms with Gasteiger partial charge in [-0.05, 0) is 60.2 Å². The van der Waals surface area contributed by atoms with E-state index < -0.39 is 0 Å². The molecule has 2 aromatic carbocycles. The Morgan fingerprint density at radius 2 is 1.74 bits per heavy atom. The Morgan fingerprint density at radius 3 is 2.35 bits per heavy atom. The highest BCUT2D eigenvalue weighted by molar-refractivity contribution is 5.97. The third-order valence-electron chi connectivity index (χ3n) is 6.59. The van der Waals surface area contributed by atoms with Crippen molar-refractivity contribution < 1.29 is 9.18 Å². The molecule has 4 rings (SSSR count). The molecule has 0 radical (unpaired) electrons. The van der Waals surface area contributed by atoms with E-state index in [0.717, 1.165) is 42.5 Å². The fraction of sp³-hybridized carbons (Fsp3) is 0.379. The van der Waals surface area contributed by atoms with E-state index in [9.17, 15) is 9.18 Å². The Morgan fingerprint density at radius 1 is 1.06 bits per heavy atom. The summed E-state index contributed by atoms with van der Waals surface area (Å²) in [6, 6.07) is 19.6. The van der Waals surface area contributed by atoms with Crippen molar-refractivity contribution in [2.75, 3.05) is 11.4 Å². The molecule has 2 N–H and O–H groups in total. The minimum atomic E-state index is -0.341. The van der Waals surface area contributed by atoms with Crippen LogP contribution in [-0.2, 0) is 11.2 Å². The standard InChI is InChI=1S/C29H34FN3O/c1-3-6-20-9-11-21(12-10-20)22-13-15-24(16-14-22)33(19-23(31)7-4-2)29(34)26-18-25(26)28-27(30)8-5-17-32-28/h5,8-17,23,25-26H,3-4,6-7,18-19,31H2,1-2H3/t23-,25+,26?/m0/s1. The van der Waals surface area contributed by atoms with Gasteiger partial charge < -0.3 is 10.6 Å². The molecule has 5 heteroatoms. The van der Waals surface area contributed by atoms with Gasteiger partial charge in [-0.25, -0.2) is 4.39 Å². The molecule has 1 heterocycles. The van der Waals surface area contributed by atoms with Gasteiger partial charge in [0, 0.05) is 36.3 Å². The Kier molecular flexibility index (Phi) is 7.73. The quantitative estimate of drug-likeness (QED) is 0.398. The first kappa shape index (κ1) is 24.1. The second-order valence-corrected chi connectivity index (χ2v) is 9.31. The number of rotatable bonds is 10. The molecule has 3 aromatic rings. The molecule has 1 amide bonds. The van der Waals surface area contributed by atoms with Crippen molar-refractivity contribution in [1.29, 1.82) is 0 Å². The third-order valence-corrected chi connectivity index (χ3v) is 6.59. The fourth-order valence-electron chi connectivity index (χ4n) is 4.65. The van der Waals surface area contributed by atoms with E-state index in [1.807, 2.05) is 12.1 Å². The van der Waals surface area contributed by atoms with Crippen LogP contribution >= 0.6 is 0 Å². The summed E-state index contributed by atoms with van der Waals surface area (Å²) in [4.78, 5) is 19.5. The lowest BCUT2D eigenvalue weighted by molar-refractivity contribution is -0.120. The van der Waals surface area contributed by atoms with Crippen molar-refractivity contribution in [3.8, 4) is 11.1 Å². The summed E-state index contributed by atoms with van der Waals surface area (Å²) < 4.78 is 14.2. The average Bonchev–Trinajstić information content (AvgIpc) is 3.64. The largest absolute Gasteiger partial charge is 0.326 e. The molecule has 0 bridgehead atoms. The summed E-state index contributed by atoms with van der Waals surface area (Å²) in [5, 5.41) is 0. The number of aryl methyl sites for hydroxylation is 1. The zero-order valence-electron chi connectivity index (χ0n) is 20.1. The molecular formula is C29H34FN3O. The van der Waals surface area contributed by atoms with Crippen LogP contribution in [0.25, 0.3) is 11.1 Å². The predicted molar refractivity (Wildman–Crippen MR) is 136 cm³/mol. The lowest BCUT2D eigenvalue weighted by Gasteiger charge is -2.26. The molecule has 0 saturated heterocycles.